The van der Waals surface area contributed by atoms with E-state index in [2.05, 4.69) is 16.0 Å². The van der Waals surface area contributed by atoms with Crippen molar-refractivity contribution in [1.29, 1.82) is 0 Å². The van der Waals surface area contributed by atoms with Crippen molar-refractivity contribution >= 4 is 53.0 Å². The number of ketones is 3. The average molecular weight is 867 g/mol. The van der Waals surface area contributed by atoms with Crippen LogP contribution in [-0.2, 0) is 43.2 Å². The molecule has 0 unspecified atom stereocenters. The first-order valence-electron chi connectivity index (χ1n) is 22.8. The number of rotatable bonds is 42. The highest BCUT2D eigenvalue weighted by atomic mass is 16.4. The van der Waals surface area contributed by atoms with Crippen LogP contribution < -0.4 is 21.7 Å². The van der Waals surface area contributed by atoms with E-state index in [1.54, 1.807) is 0 Å². The number of amides is 3. The Labute approximate surface area is 363 Å². The van der Waals surface area contributed by atoms with Gasteiger partial charge in [-0.15, -0.1) is 0 Å². The number of nitrogens with two attached hydrogens (primary N) is 1. The molecule has 0 aromatic heterocycles. The number of carbonyl (C=O) groups is 9. The molecule has 0 aromatic carbocycles. The summed E-state index contributed by atoms with van der Waals surface area (Å²) < 4.78 is 0. The molecule has 0 saturated heterocycles. The van der Waals surface area contributed by atoms with Crippen molar-refractivity contribution in [3.8, 4) is 0 Å². The number of nitrogens with one attached hydrogen (secondary N) is 3. The zero-order valence-corrected chi connectivity index (χ0v) is 37.1. The largest absolute Gasteiger partial charge is 0.481 e. The minimum atomic E-state index is -1.27. The van der Waals surface area contributed by atoms with Gasteiger partial charge in [-0.05, 0) is 71.6 Å². The Morgan fingerprint density at radius 3 is 1.48 bits per heavy atom. The smallest absolute Gasteiger partial charge is 0.326 e. The first-order chi connectivity index (χ1) is 29.0. The van der Waals surface area contributed by atoms with Gasteiger partial charge < -0.3 is 41.8 Å². The van der Waals surface area contributed by atoms with Gasteiger partial charge in [-0.25, -0.2) is 4.79 Å². The molecular formula is C45H78N4O12. The summed E-state index contributed by atoms with van der Waals surface area (Å²) in [5.41, 5.74) is 5.98. The number of aliphatic carboxylic acids is 3. The highest BCUT2D eigenvalue weighted by Gasteiger charge is 2.25. The van der Waals surface area contributed by atoms with Gasteiger partial charge in [0.25, 0.3) is 0 Å². The van der Waals surface area contributed by atoms with Crippen molar-refractivity contribution in [3.05, 3.63) is 0 Å². The molecule has 0 heterocycles. The van der Waals surface area contributed by atoms with Crippen LogP contribution in [0, 0.1) is 11.8 Å². The van der Waals surface area contributed by atoms with E-state index in [4.69, 9.17) is 10.8 Å². The molecule has 8 N–H and O–H groups in total. The molecule has 0 bridgehead atoms. The highest BCUT2D eigenvalue weighted by molar-refractivity contribution is 5.87. The molecule has 61 heavy (non-hydrogen) atoms. The summed E-state index contributed by atoms with van der Waals surface area (Å²) in [6.07, 6.45) is 17.8. The molecule has 4 atom stereocenters. The Balaban J connectivity index is 4.16. The molecule has 350 valence electrons. The first-order valence-corrected chi connectivity index (χ1v) is 22.8. The fourth-order valence-corrected chi connectivity index (χ4v) is 7.10. The van der Waals surface area contributed by atoms with E-state index in [1.165, 1.54) is 46.0 Å². The van der Waals surface area contributed by atoms with E-state index in [0.717, 1.165) is 51.4 Å². The van der Waals surface area contributed by atoms with Gasteiger partial charge in [-0.3, -0.25) is 33.6 Å². The summed E-state index contributed by atoms with van der Waals surface area (Å²) in [6, 6.07) is -1.99. The predicted octanol–water partition coefficient (Wildman–Crippen LogP) is 6.19. The Morgan fingerprint density at radius 1 is 0.475 bits per heavy atom. The third kappa shape index (κ3) is 34.1. The van der Waals surface area contributed by atoms with Gasteiger partial charge in [0.15, 0.2) is 0 Å². The number of hydrogen-bond donors (Lipinski definition) is 7. The summed E-state index contributed by atoms with van der Waals surface area (Å²) in [5.74, 6) is -6.25. The second-order valence-corrected chi connectivity index (χ2v) is 16.6. The summed E-state index contributed by atoms with van der Waals surface area (Å²) in [5, 5.41) is 35.9. The zero-order chi connectivity index (χ0) is 45.8. The van der Waals surface area contributed by atoms with Crippen molar-refractivity contribution in [1.82, 2.24) is 16.0 Å². The quantitative estimate of drug-likeness (QED) is 0.0338. The fourth-order valence-electron chi connectivity index (χ4n) is 7.10. The third-order valence-electron chi connectivity index (χ3n) is 10.9. The molecule has 0 aliphatic rings. The van der Waals surface area contributed by atoms with E-state index in [9.17, 15) is 53.4 Å². The van der Waals surface area contributed by atoms with E-state index in [1.807, 2.05) is 0 Å². The number of carboxylic acid groups (broad SMARTS) is 3. The highest BCUT2D eigenvalue weighted by Crippen LogP contribution is 2.17. The Bertz CT molecular complexity index is 1340. The molecule has 16 heteroatoms. The molecule has 0 aromatic rings. The van der Waals surface area contributed by atoms with Gasteiger partial charge in [0.1, 0.15) is 23.4 Å². The summed E-state index contributed by atoms with van der Waals surface area (Å²) in [7, 11) is 0. The minimum absolute atomic E-state index is 0.0163. The molecule has 0 aliphatic heterocycles. The normalized spacial score (nSPS) is 13.0. The first kappa shape index (κ1) is 56.8. The molecule has 0 spiro atoms. The van der Waals surface area contributed by atoms with Crippen molar-refractivity contribution in [3.63, 3.8) is 0 Å². The topological polar surface area (TPSA) is 276 Å². The Kier molecular flexibility index (Phi) is 33.9. The number of carbonyl (C=O) groups excluding carboxylic acids is 6. The second kappa shape index (κ2) is 36.4. The van der Waals surface area contributed by atoms with E-state index in [0.29, 0.717) is 58.0 Å². The van der Waals surface area contributed by atoms with Crippen LogP contribution in [0.4, 0.5) is 0 Å². The van der Waals surface area contributed by atoms with Crippen LogP contribution >= 0.6 is 0 Å². The van der Waals surface area contributed by atoms with Gasteiger partial charge in [0, 0.05) is 57.5 Å². The number of hydrogen-bond acceptors (Lipinski definition) is 10. The molecule has 16 nitrogen and oxygen atoms in total. The van der Waals surface area contributed by atoms with Gasteiger partial charge in [-0.2, -0.15) is 0 Å². The van der Waals surface area contributed by atoms with Gasteiger partial charge in [0.05, 0.1) is 12.0 Å². The monoisotopic (exact) mass is 867 g/mol. The third-order valence-corrected chi connectivity index (χ3v) is 10.9. The lowest BCUT2D eigenvalue weighted by atomic mass is 9.93. The van der Waals surface area contributed by atoms with Crippen molar-refractivity contribution < 1.29 is 58.5 Å². The zero-order valence-electron chi connectivity index (χ0n) is 37.1. The molecular weight excluding hydrogens is 789 g/mol. The Morgan fingerprint density at radius 2 is 0.984 bits per heavy atom. The van der Waals surface area contributed by atoms with Crippen LogP contribution in [0.15, 0.2) is 0 Å². The summed E-state index contributed by atoms with van der Waals surface area (Å²) in [4.78, 5) is 107. The molecule has 0 fully saturated rings. The maximum atomic E-state index is 12.6. The van der Waals surface area contributed by atoms with Crippen molar-refractivity contribution in [2.45, 2.75) is 206 Å². The molecule has 0 radical (unpaired) electrons. The van der Waals surface area contributed by atoms with Crippen LogP contribution in [0.1, 0.15) is 194 Å². The number of Topliss-reactive ketones (excluding diaryl/α,β-unsaturated/α-hetero) is 3. The fraction of sp³-hybridized carbons (Fsp3) is 0.800. The lowest BCUT2D eigenvalue weighted by Crippen LogP contribution is -2.41. The maximum Gasteiger partial charge on any atom is 0.326 e. The molecule has 0 rings (SSSR count). The molecule has 0 aliphatic carbocycles. The number of carboxylic acids is 3. The molecule has 0 saturated carbocycles. The van der Waals surface area contributed by atoms with E-state index >= 15 is 0 Å². The van der Waals surface area contributed by atoms with Crippen LogP contribution in [0.3, 0.4) is 0 Å². The molecule has 3 amide bonds. The maximum absolute atomic E-state index is 12.6. The van der Waals surface area contributed by atoms with Crippen molar-refractivity contribution in [2.24, 2.45) is 17.6 Å². The van der Waals surface area contributed by atoms with Crippen LogP contribution in [-0.4, -0.2) is 93.5 Å². The second-order valence-electron chi connectivity index (χ2n) is 16.6. The van der Waals surface area contributed by atoms with E-state index < -0.39 is 47.6 Å². The summed E-state index contributed by atoms with van der Waals surface area (Å²) in [6.45, 7) is 3.64. The van der Waals surface area contributed by atoms with Gasteiger partial charge >= 0.3 is 17.9 Å². The summed E-state index contributed by atoms with van der Waals surface area (Å²) >= 11 is 0. The van der Waals surface area contributed by atoms with Gasteiger partial charge in [-0.1, -0.05) is 83.5 Å². The Hall–Kier alpha value is -4.21. The predicted molar refractivity (Wildman–Crippen MR) is 231 cm³/mol. The number of unbranched alkanes of at least 4 members (excludes halogenated alkanes) is 15. The minimum Gasteiger partial charge on any atom is -0.481 e. The van der Waals surface area contributed by atoms with Crippen molar-refractivity contribution in [2.75, 3.05) is 13.1 Å². The lowest BCUT2D eigenvalue weighted by Gasteiger charge is -2.15. The van der Waals surface area contributed by atoms with Gasteiger partial charge in [0.2, 0.25) is 17.7 Å². The average Bonchev–Trinajstić information content (AvgIpc) is 3.19. The van der Waals surface area contributed by atoms with E-state index in [-0.39, 0.29) is 80.7 Å². The van der Waals surface area contributed by atoms with Crippen LogP contribution in [0.25, 0.3) is 0 Å². The lowest BCUT2D eigenvalue weighted by molar-refractivity contribution is -0.145. The van der Waals surface area contributed by atoms with Crippen LogP contribution in [0.2, 0.25) is 0 Å². The van der Waals surface area contributed by atoms with Crippen LogP contribution in [0.5, 0.6) is 0 Å². The SMILES string of the molecule is CC(=O)C[C@@H](CCCCNC(=O)[C@@H](N)CCCCNC(=O)CC[C@H](CC(=O)CC[C@H](NC(=O)CCCCCCCCCCCCCCCCC(=O)O)C(=O)O)C(=O)O)C(C)=O. The standard InChI is InChI=1S/C45H78N4O12/c1-33(50)31-35(34(2)51)21-17-19-30-48-43(57)38(46)22-18-20-29-47-40(53)28-25-36(44(58)59)32-37(52)26-27-39(45(60)61)49-41(54)23-15-13-11-9-7-5-3-4-6-8-10-12-14-16-24-42(55)56/h35-36,38-39H,3-32,46H2,1-2H3,(H,47,53)(H,48,57)(H,49,54)(H,55,56)(H,58,59)(H,60,61)/t35-,36-,38+,39+/m1/s1.